The molecular weight excluding hydrogens is 351 g/mol. The van der Waals surface area contributed by atoms with Gasteiger partial charge in [-0.3, -0.25) is 4.79 Å². The molecule has 1 saturated carbocycles. The van der Waals surface area contributed by atoms with Crippen molar-refractivity contribution in [3.05, 3.63) is 25.4 Å². The van der Waals surface area contributed by atoms with Crippen LogP contribution < -0.4 is 5.56 Å². The summed E-state index contributed by atoms with van der Waals surface area (Å²) in [6, 6.07) is 0. The number of hydrogen-bond acceptors (Lipinski definition) is 2. The summed E-state index contributed by atoms with van der Waals surface area (Å²) in [7, 11) is 0. The number of aromatic amines is 1. The molecule has 1 fully saturated rings. The summed E-state index contributed by atoms with van der Waals surface area (Å²) < 4.78 is 0.734. The topological polar surface area (TPSA) is 45.8 Å². The van der Waals surface area contributed by atoms with Crippen LogP contribution in [0.1, 0.15) is 70.8 Å². The molecule has 1 aliphatic carbocycles. The van der Waals surface area contributed by atoms with Crippen LogP contribution in [0.2, 0.25) is 0 Å². The van der Waals surface area contributed by atoms with Crippen molar-refractivity contribution >= 4 is 22.6 Å². The van der Waals surface area contributed by atoms with E-state index in [9.17, 15) is 4.79 Å². The molecule has 2 atom stereocenters. The minimum atomic E-state index is -0.0835. The Labute approximate surface area is 128 Å². The number of nitrogens with one attached hydrogen (secondary N) is 1. The second kappa shape index (κ2) is 5.54. The van der Waals surface area contributed by atoms with E-state index in [2.05, 4.69) is 55.3 Å². The van der Waals surface area contributed by atoms with E-state index >= 15 is 0 Å². The molecule has 0 aromatic carbocycles. The van der Waals surface area contributed by atoms with Crippen molar-refractivity contribution in [1.29, 1.82) is 0 Å². The lowest BCUT2D eigenvalue weighted by molar-refractivity contribution is 0.333. The molecule has 4 heteroatoms. The summed E-state index contributed by atoms with van der Waals surface area (Å²) in [5, 5.41) is 0. The first-order valence-corrected chi connectivity index (χ1v) is 8.17. The summed E-state index contributed by atoms with van der Waals surface area (Å²) in [6.07, 6.45) is 4.84. The zero-order chi connectivity index (χ0) is 14.2. The Morgan fingerprint density at radius 2 is 2.00 bits per heavy atom. The van der Waals surface area contributed by atoms with Gasteiger partial charge in [0.2, 0.25) is 0 Å². The largest absolute Gasteiger partial charge is 0.309 e. The smallest absolute Gasteiger partial charge is 0.264 e. The van der Waals surface area contributed by atoms with Crippen LogP contribution in [0.4, 0.5) is 0 Å². The Morgan fingerprint density at radius 3 is 2.58 bits per heavy atom. The van der Waals surface area contributed by atoms with Crippen LogP contribution in [0, 0.1) is 9.49 Å². The molecular formula is C15H23IN2O. The molecule has 1 aromatic rings. The van der Waals surface area contributed by atoms with E-state index in [0.717, 1.165) is 33.8 Å². The number of nitrogens with zero attached hydrogens (tertiary/aromatic N) is 1. The molecule has 1 N–H and O–H groups in total. The van der Waals surface area contributed by atoms with E-state index in [1.54, 1.807) is 0 Å². The van der Waals surface area contributed by atoms with Gasteiger partial charge in [-0.1, -0.05) is 40.5 Å². The maximum atomic E-state index is 12.1. The molecule has 19 heavy (non-hydrogen) atoms. The Bertz CT molecular complexity index is 516. The van der Waals surface area contributed by atoms with E-state index in [1.807, 2.05) is 0 Å². The van der Waals surface area contributed by atoms with Gasteiger partial charge in [-0.25, -0.2) is 4.98 Å². The quantitative estimate of drug-likeness (QED) is 0.757. The molecule has 0 amide bonds. The van der Waals surface area contributed by atoms with Crippen molar-refractivity contribution in [3.8, 4) is 0 Å². The van der Waals surface area contributed by atoms with E-state index in [0.29, 0.717) is 5.92 Å². The first kappa shape index (κ1) is 15.0. The zero-order valence-corrected chi connectivity index (χ0v) is 14.4. The Hall–Kier alpha value is -0.390. The van der Waals surface area contributed by atoms with E-state index in [4.69, 9.17) is 4.98 Å². The molecule has 3 nitrogen and oxygen atoms in total. The average Bonchev–Trinajstić information content (AvgIpc) is 2.31. The second-order valence-corrected chi connectivity index (χ2v) is 7.91. The van der Waals surface area contributed by atoms with Gasteiger partial charge < -0.3 is 4.98 Å². The predicted octanol–water partition coefficient (Wildman–Crippen LogP) is 3.97. The van der Waals surface area contributed by atoms with Crippen LogP contribution in [0.3, 0.4) is 0 Å². The third kappa shape index (κ3) is 3.38. The van der Waals surface area contributed by atoms with E-state index in [-0.39, 0.29) is 11.0 Å². The number of halogens is 1. The molecule has 0 saturated heterocycles. The lowest BCUT2D eigenvalue weighted by Crippen LogP contribution is -2.27. The van der Waals surface area contributed by atoms with Crippen LogP contribution >= 0.6 is 22.6 Å². The molecule has 1 aromatic heterocycles. The summed E-state index contributed by atoms with van der Waals surface area (Å²) >= 11 is 2.12. The molecule has 0 radical (unpaired) electrons. The molecule has 1 heterocycles. The summed E-state index contributed by atoms with van der Waals surface area (Å²) in [4.78, 5) is 19.9. The molecule has 0 aliphatic heterocycles. The summed E-state index contributed by atoms with van der Waals surface area (Å²) in [5.41, 5.74) is 0.874. The number of rotatable bonds is 1. The van der Waals surface area contributed by atoms with Gasteiger partial charge in [0.15, 0.2) is 0 Å². The minimum Gasteiger partial charge on any atom is -0.309 e. The highest BCUT2D eigenvalue weighted by Crippen LogP contribution is 2.35. The fourth-order valence-corrected chi connectivity index (χ4v) is 3.91. The Kier molecular flexibility index (Phi) is 4.38. The van der Waals surface area contributed by atoms with Crippen molar-refractivity contribution in [2.75, 3.05) is 0 Å². The van der Waals surface area contributed by atoms with Crippen LogP contribution in [0.15, 0.2) is 4.79 Å². The number of H-pyrrole nitrogens is 1. The lowest BCUT2D eigenvalue weighted by atomic mass is 9.82. The summed E-state index contributed by atoms with van der Waals surface area (Å²) in [5.74, 6) is 2.07. The molecule has 0 bridgehead atoms. The molecule has 1 aliphatic rings. The maximum absolute atomic E-state index is 12.1. The van der Waals surface area contributed by atoms with E-state index < -0.39 is 0 Å². The highest BCUT2D eigenvalue weighted by molar-refractivity contribution is 14.1. The molecule has 0 spiro atoms. The molecule has 2 rings (SSSR count). The van der Waals surface area contributed by atoms with Gasteiger partial charge in [-0.05, 0) is 41.4 Å². The van der Waals surface area contributed by atoms with E-state index in [1.165, 1.54) is 12.8 Å². The van der Waals surface area contributed by atoms with Gasteiger partial charge in [-0.15, -0.1) is 0 Å². The van der Waals surface area contributed by atoms with Crippen molar-refractivity contribution < 1.29 is 0 Å². The van der Waals surface area contributed by atoms with Gasteiger partial charge in [0.1, 0.15) is 9.39 Å². The van der Waals surface area contributed by atoms with Crippen molar-refractivity contribution in [3.63, 3.8) is 0 Å². The third-order valence-corrected chi connectivity index (χ3v) is 4.92. The minimum absolute atomic E-state index is 0.0220. The average molecular weight is 374 g/mol. The van der Waals surface area contributed by atoms with Crippen molar-refractivity contribution in [2.24, 2.45) is 5.92 Å². The first-order valence-electron chi connectivity index (χ1n) is 7.09. The highest BCUT2D eigenvalue weighted by atomic mass is 127. The normalized spacial score (nSPS) is 24.5. The highest BCUT2D eigenvalue weighted by Gasteiger charge is 2.26. The fourth-order valence-electron chi connectivity index (χ4n) is 2.85. The Balaban J connectivity index is 2.42. The number of hydrogen-bond donors (Lipinski definition) is 1. The molecule has 2 unspecified atom stereocenters. The zero-order valence-electron chi connectivity index (χ0n) is 12.2. The molecule has 106 valence electrons. The lowest BCUT2D eigenvalue weighted by Gasteiger charge is -2.27. The van der Waals surface area contributed by atoms with Crippen LogP contribution in [0.5, 0.6) is 0 Å². The third-order valence-electron chi connectivity index (χ3n) is 3.91. The van der Waals surface area contributed by atoms with Crippen LogP contribution in [0.25, 0.3) is 0 Å². The summed E-state index contributed by atoms with van der Waals surface area (Å²) in [6.45, 7) is 8.64. The van der Waals surface area contributed by atoms with Crippen molar-refractivity contribution in [2.45, 2.75) is 64.7 Å². The Morgan fingerprint density at radius 1 is 1.32 bits per heavy atom. The van der Waals surface area contributed by atoms with Gasteiger partial charge in [0.05, 0.1) is 5.69 Å². The second-order valence-electron chi connectivity index (χ2n) is 6.83. The van der Waals surface area contributed by atoms with Crippen LogP contribution in [-0.2, 0) is 5.41 Å². The fraction of sp³-hybridized carbons (Fsp3) is 0.733. The SMILES string of the molecule is CC1CCCC(c2nc(C(C)(C)C)c(I)c(=O)[nH]2)C1. The standard InChI is InChI=1S/C15H23IN2O/c1-9-6-5-7-10(8-9)13-17-12(15(2,3)4)11(16)14(19)18-13/h9-10H,5-8H2,1-4H3,(H,17,18,19). The van der Waals surface area contributed by atoms with Gasteiger partial charge >= 0.3 is 0 Å². The van der Waals surface area contributed by atoms with Gasteiger partial charge in [0, 0.05) is 11.3 Å². The van der Waals surface area contributed by atoms with Crippen molar-refractivity contribution in [1.82, 2.24) is 9.97 Å². The van der Waals surface area contributed by atoms with Crippen LogP contribution in [-0.4, -0.2) is 9.97 Å². The predicted molar refractivity (Wildman–Crippen MR) is 86.6 cm³/mol. The maximum Gasteiger partial charge on any atom is 0.264 e. The van der Waals surface area contributed by atoms with Gasteiger partial charge in [-0.2, -0.15) is 0 Å². The monoisotopic (exact) mass is 374 g/mol. The van der Waals surface area contributed by atoms with Gasteiger partial charge in [0.25, 0.3) is 5.56 Å². The first-order chi connectivity index (χ1) is 8.79. The number of aromatic nitrogens is 2.